The van der Waals surface area contributed by atoms with E-state index >= 15 is 0 Å². The quantitative estimate of drug-likeness (QED) is 0.184. The standard InChI is InChI=1S/C42H27ClN2S/c43-29-24-28(25-33(26-29)44(30-14-4-1-5-15-30)31-16-6-2-7-17-31)36-27-37-34-20-10-12-22-38(34)45(32-18-8-3-9-19-32)41(37)40-35-21-11-13-23-39(35)46-42(36)40/h1-27H. The van der Waals surface area contributed by atoms with Gasteiger partial charge in [-0.25, -0.2) is 0 Å². The van der Waals surface area contributed by atoms with Gasteiger partial charge in [-0.05, 0) is 78.4 Å². The van der Waals surface area contributed by atoms with Gasteiger partial charge in [0.1, 0.15) is 0 Å². The largest absolute Gasteiger partial charge is 0.310 e. The molecule has 9 aromatic rings. The van der Waals surface area contributed by atoms with Crippen LogP contribution in [0.3, 0.4) is 0 Å². The predicted octanol–water partition coefficient (Wildman–Crippen LogP) is 12.9. The maximum atomic E-state index is 7.02. The van der Waals surface area contributed by atoms with Crippen molar-refractivity contribution in [3.8, 4) is 16.8 Å². The number of hydrogen-bond donors (Lipinski definition) is 0. The van der Waals surface area contributed by atoms with Gasteiger partial charge in [-0.1, -0.05) is 103 Å². The Labute approximate surface area is 276 Å². The van der Waals surface area contributed by atoms with Crippen molar-refractivity contribution in [3.05, 3.63) is 169 Å². The van der Waals surface area contributed by atoms with Crippen molar-refractivity contribution >= 4 is 82.0 Å². The van der Waals surface area contributed by atoms with Crippen molar-refractivity contribution in [2.24, 2.45) is 0 Å². The summed E-state index contributed by atoms with van der Waals surface area (Å²) in [6.45, 7) is 0. The molecule has 0 fully saturated rings. The molecule has 0 spiro atoms. The normalized spacial score (nSPS) is 11.6. The van der Waals surface area contributed by atoms with E-state index in [1.54, 1.807) is 0 Å². The van der Waals surface area contributed by atoms with Gasteiger partial charge in [0.05, 0.1) is 11.0 Å². The number of aromatic nitrogens is 1. The lowest BCUT2D eigenvalue weighted by Crippen LogP contribution is -2.09. The van der Waals surface area contributed by atoms with Crippen LogP contribution < -0.4 is 4.90 Å². The fraction of sp³-hybridized carbons (Fsp3) is 0. The predicted molar refractivity (Wildman–Crippen MR) is 199 cm³/mol. The molecule has 4 heteroatoms. The van der Waals surface area contributed by atoms with Gasteiger partial charge >= 0.3 is 0 Å². The van der Waals surface area contributed by atoms with Crippen LogP contribution in [0, 0.1) is 0 Å². The Hall–Kier alpha value is -5.35. The van der Waals surface area contributed by atoms with Gasteiger partial charge in [0, 0.05) is 64.3 Å². The molecule has 0 radical (unpaired) electrons. The molecule has 7 aromatic carbocycles. The molecule has 0 aliphatic carbocycles. The number of para-hydroxylation sites is 4. The maximum Gasteiger partial charge on any atom is 0.0634 e. The molecule has 46 heavy (non-hydrogen) atoms. The van der Waals surface area contributed by atoms with Gasteiger partial charge in [-0.15, -0.1) is 11.3 Å². The van der Waals surface area contributed by atoms with Gasteiger partial charge in [0.25, 0.3) is 0 Å². The van der Waals surface area contributed by atoms with Crippen LogP contribution in [-0.2, 0) is 0 Å². The molecule has 0 amide bonds. The molecule has 2 aromatic heterocycles. The second-order valence-electron chi connectivity index (χ2n) is 11.5. The Bertz CT molecular complexity index is 2490. The van der Waals surface area contributed by atoms with Gasteiger partial charge in [0.2, 0.25) is 0 Å². The van der Waals surface area contributed by atoms with E-state index in [9.17, 15) is 0 Å². The highest BCUT2D eigenvalue weighted by Gasteiger charge is 2.22. The summed E-state index contributed by atoms with van der Waals surface area (Å²) in [6.07, 6.45) is 0. The van der Waals surface area contributed by atoms with Crippen LogP contribution in [-0.4, -0.2) is 4.57 Å². The summed E-state index contributed by atoms with van der Waals surface area (Å²) >= 11 is 8.87. The first-order valence-electron chi connectivity index (χ1n) is 15.4. The molecule has 0 N–H and O–H groups in total. The second kappa shape index (κ2) is 10.9. The minimum Gasteiger partial charge on any atom is -0.310 e. The summed E-state index contributed by atoms with van der Waals surface area (Å²) in [4.78, 5) is 2.28. The highest BCUT2D eigenvalue weighted by atomic mass is 35.5. The average Bonchev–Trinajstić information content (AvgIpc) is 3.65. The van der Waals surface area contributed by atoms with Crippen molar-refractivity contribution in [1.29, 1.82) is 0 Å². The minimum absolute atomic E-state index is 0.699. The van der Waals surface area contributed by atoms with Crippen LogP contribution in [0.2, 0.25) is 5.02 Å². The molecule has 218 valence electrons. The van der Waals surface area contributed by atoms with Crippen LogP contribution >= 0.6 is 22.9 Å². The average molecular weight is 627 g/mol. The highest BCUT2D eigenvalue weighted by molar-refractivity contribution is 7.26. The molecule has 0 saturated heterocycles. The Morgan fingerprint density at radius 2 is 1.13 bits per heavy atom. The zero-order valence-corrected chi connectivity index (χ0v) is 26.3. The number of rotatable bonds is 5. The van der Waals surface area contributed by atoms with Gasteiger partial charge in [0.15, 0.2) is 0 Å². The first-order valence-corrected chi connectivity index (χ1v) is 16.6. The van der Waals surface area contributed by atoms with Crippen molar-refractivity contribution in [3.63, 3.8) is 0 Å². The van der Waals surface area contributed by atoms with Crippen LogP contribution in [0.5, 0.6) is 0 Å². The zero-order valence-electron chi connectivity index (χ0n) is 24.8. The Kier molecular flexibility index (Phi) is 6.41. The van der Waals surface area contributed by atoms with E-state index < -0.39 is 0 Å². The number of fused-ring (bicyclic) bond motifs is 7. The van der Waals surface area contributed by atoms with Crippen molar-refractivity contribution < 1.29 is 0 Å². The SMILES string of the molecule is Clc1cc(-c2cc3c4ccccc4n(-c4ccccc4)c3c3c2sc2ccccc23)cc(N(c2ccccc2)c2ccccc2)c1. The Morgan fingerprint density at radius 1 is 0.522 bits per heavy atom. The second-order valence-corrected chi connectivity index (χ2v) is 13.0. The third-order valence-electron chi connectivity index (χ3n) is 8.77. The van der Waals surface area contributed by atoms with E-state index in [1.165, 1.54) is 47.5 Å². The summed E-state index contributed by atoms with van der Waals surface area (Å²) < 4.78 is 4.97. The molecule has 0 bridgehead atoms. The van der Waals surface area contributed by atoms with Crippen LogP contribution in [0.25, 0.3) is 58.8 Å². The lowest BCUT2D eigenvalue weighted by atomic mass is 9.98. The van der Waals surface area contributed by atoms with E-state index in [0.29, 0.717) is 5.02 Å². The first-order chi connectivity index (χ1) is 22.7. The third-order valence-corrected chi connectivity index (χ3v) is 10.2. The smallest absolute Gasteiger partial charge is 0.0634 e. The highest BCUT2D eigenvalue weighted by Crippen LogP contribution is 2.48. The summed E-state index contributed by atoms with van der Waals surface area (Å²) in [5.74, 6) is 0. The fourth-order valence-corrected chi connectivity index (χ4v) is 8.33. The summed E-state index contributed by atoms with van der Waals surface area (Å²) in [5.41, 5.74) is 9.04. The first kappa shape index (κ1) is 27.0. The minimum atomic E-state index is 0.699. The van der Waals surface area contributed by atoms with Gasteiger partial charge in [-0.2, -0.15) is 0 Å². The van der Waals surface area contributed by atoms with Crippen LogP contribution in [0.4, 0.5) is 17.1 Å². The molecule has 0 unspecified atom stereocenters. The Balaban J connectivity index is 1.39. The number of benzene rings is 7. The van der Waals surface area contributed by atoms with Crippen LogP contribution in [0.15, 0.2) is 164 Å². The molecule has 2 nitrogen and oxygen atoms in total. The summed E-state index contributed by atoms with van der Waals surface area (Å²) in [6, 6.07) is 58.1. The maximum absolute atomic E-state index is 7.02. The molecule has 9 rings (SSSR count). The lowest BCUT2D eigenvalue weighted by Gasteiger charge is -2.26. The van der Waals surface area contributed by atoms with E-state index in [1.807, 2.05) is 11.3 Å². The van der Waals surface area contributed by atoms with E-state index in [2.05, 4.69) is 173 Å². The number of hydrogen-bond acceptors (Lipinski definition) is 2. The molecule has 0 atom stereocenters. The van der Waals surface area contributed by atoms with Gasteiger partial charge in [-0.3, -0.25) is 0 Å². The number of anilines is 3. The monoisotopic (exact) mass is 626 g/mol. The van der Waals surface area contributed by atoms with Gasteiger partial charge < -0.3 is 9.47 Å². The van der Waals surface area contributed by atoms with E-state index in [-0.39, 0.29) is 0 Å². The summed E-state index contributed by atoms with van der Waals surface area (Å²) in [7, 11) is 0. The van der Waals surface area contributed by atoms with Crippen molar-refractivity contribution in [2.45, 2.75) is 0 Å². The zero-order chi connectivity index (χ0) is 30.6. The molecular weight excluding hydrogens is 600 g/mol. The molecule has 0 aliphatic rings. The summed E-state index contributed by atoms with van der Waals surface area (Å²) in [5, 5.41) is 5.71. The molecular formula is C42H27ClN2S. The Morgan fingerprint density at radius 3 is 1.85 bits per heavy atom. The fourth-order valence-electron chi connectivity index (χ4n) is 6.86. The lowest BCUT2D eigenvalue weighted by molar-refractivity contribution is 1.19. The molecule has 0 aliphatic heterocycles. The van der Waals surface area contributed by atoms with Crippen molar-refractivity contribution in [2.75, 3.05) is 4.90 Å². The molecule has 2 heterocycles. The van der Waals surface area contributed by atoms with Crippen LogP contribution in [0.1, 0.15) is 0 Å². The van der Waals surface area contributed by atoms with E-state index in [0.717, 1.165) is 28.3 Å². The van der Waals surface area contributed by atoms with Crippen molar-refractivity contribution in [1.82, 2.24) is 4.57 Å². The number of thiophene rings is 1. The number of halogens is 1. The third kappa shape index (κ3) is 4.32. The topological polar surface area (TPSA) is 8.17 Å². The van der Waals surface area contributed by atoms with E-state index in [4.69, 9.17) is 11.6 Å². The molecule has 0 saturated carbocycles. The number of nitrogens with zero attached hydrogens (tertiary/aromatic N) is 2.